The Bertz CT molecular complexity index is 678. The number of hydrogen-bond donors (Lipinski definition) is 2. The van der Waals surface area contributed by atoms with Gasteiger partial charge in [0.15, 0.2) is 11.5 Å². The van der Waals surface area contributed by atoms with Crippen molar-refractivity contribution < 1.29 is 4.79 Å². The lowest BCUT2D eigenvalue weighted by molar-refractivity contribution is 0.0923. The number of anilines is 1. The van der Waals surface area contributed by atoms with Crippen LogP contribution in [0.15, 0.2) is 24.3 Å². The number of para-hydroxylation sites is 1. The van der Waals surface area contributed by atoms with Crippen molar-refractivity contribution in [3.05, 3.63) is 35.0 Å². The molecule has 1 aliphatic carbocycles. The van der Waals surface area contributed by atoms with Gasteiger partial charge in [-0.15, -0.1) is 5.10 Å². The third-order valence-electron chi connectivity index (χ3n) is 3.94. The molecule has 1 aromatic heterocycles. The van der Waals surface area contributed by atoms with Crippen LogP contribution in [0.3, 0.4) is 0 Å². The number of carbonyl (C=O) groups is 1. The molecule has 0 radical (unpaired) electrons. The Hall–Kier alpha value is -2.08. The van der Waals surface area contributed by atoms with Crippen molar-refractivity contribution in [1.29, 1.82) is 0 Å². The number of nitrogens with two attached hydrogens (primary N) is 1. The van der Waals surface area contributed by atoms with Crippen LogP contribution in [-0.4, -0.2) is 26.9 Å². The van der Waals surface area contributed by atoms with E-state index in [0.29, 0.717) is 10.7 Å². The monoisotopic (exact) mass is 319 g/mol. The Labute approximate surface area is 133 Å². The topological polar surface area (TPSA) is 85.8 Å². The number of nitrogen functional groups attached to an aromatic ring is 1. The van der Waals surface area contributed by atoms with E-state index in [9.17, 15) is 4.79 Å². The van der Waals surface area contributed by atoms with Gasteiger partial charge in [0, 0.05) is 6.04 Å². The second-order valence-corrected chi connectivity index (χ2v) is 5.90. The molecule has 22 heavy (non-hydrogen) atoms. The van der Waals surface area contributed by atoms with Crippen molar-refractivity contribution in [3.8, 4) is 5.69 Å². The lowest BCUT2D eigenvalue weighted by Crippen LogP contribution is -2.36. The third-order valence-corrected chi connectivity index (χ3v) is 4.26. The van der Waals surface area contributed by atoms with Gasteiger partial charge in [-0.05, 0) is 25.0 Å². The summed E-state index contributed by atoms with van der Waals surface area (Å²) in [5, 5.41) is 11.4. The van der Waals surface area contributed by atoms with E-state index < -0.39 is 0 Å². The average molecular weight is 320 g/mol. The molecule has 0 bridgehead atoms. The summed E-state index contributed by atoms with van der Waals surface area (Å²) in [4.78, 5) is 12.3. The predicted molar refractivity (Wildman–Crippen MR) is 85.1 cm³/mol. The van der Waals surface area contributed by atoms with Gasteiger partial charge in [0.2, 0.25) is 0 Å². The van der Waals surface area contributed by atoms with E-state index in [1.807, 2.05) is 12.1 Å². The second kappa shape index (κ2) is 6.36. The highest BCUT2D eigenvalue weighted by atomic mass is 35.5. The second-order valence-electron chi connectivity index (χ2n) is 5.49. The molecule has 3 N–H and O–H groups in total. The molecule has 0 unspecified atom stereocenters. The molecule has 0 spiro atoms. The third kappa shape index (κ3) is 2.92. The number of carbonyl (C=O) groups excluding carboxylic acids is 1. The van der Waals surface area contributed by atoms with Crippen LogP contribution in [0.5, 0.6) is 0 Å². The van der Waals surface area contributed by atoms with Gasteiger partial charge >= 0.3 is 0 Å². The fourth-order valence-corrected chi connectivity index (χ4v) is 2.97. The van der Waals surface area contributed by atoms with Crippen molar-refractivity contribution in [2.24, 2.45) is 0 Å². The summed E-state index contributed by atoms with van der Waals surface area (Å²) < 4.78 is 1.39. The number of rotatable bonds is 3. The van der Waals surface area contributed by atoms with E-state index in [4.69, 9.17) is 17.3 Å². The minimum Gasteiger partial charge on any atom is -0.382 e. The fraction of sp³-hybridized carbons (Fsp3) is 0.400. The highest BCUT2D eigenvalue weighted by Gasteiger charge is 2.22. The van der Waals surface area contributed by atoms with Gasteiger partial charge in [0.05, 0.1) is 10.7 Å². The first kappa shape index (κ1) is 14.8. The summed E-state index contributed by atoms with van der Waals surface area (Å²) in [5.74, 6) is -0.0795. The number of halogens is 1. The lowest BCUT2D eigenvalue weighted by Gasteiger charge is -2.22. The predicted octanol–water partition coefficient (Wildman–Crippen LogP) is 2.57. The fourth-order valence-electron chi connectivity index (χ4n) is 2.75. The van der Waals surface area contributed by atoms with Gasteiger partial charge in [-0.1, -0.05) is 48.2 Å². The van der Waals surface area contributed by atoms with Crippen LogP contribution >= 0.6 is 11.6 Å². The summed E-state index contributed by atoms with van der Waals surface area (Å²) in [7, 11) is 0. The van der Waals surface area contributed by atoms with Crippen molar-refractivity contribution >= 4 is 23.3 Å². The van der Waals surface area contributed by atoms with Gasteiger partial charge in [0.25, 0.3) is 5.91 Å². The van der Waals surface area contributed by atoms with Crippen molar-refractivity contribution in [1.82, 2.24) is 20.3 Å². The molecule has 0 saturated heterocycles. The van der Waals surface area contributed by atoms with Crippen LogP contribution in [-0.2, 0) is 0 Å². The van der Waals surface area contributed by atoms with Crippen LogP contribution < -0.4 is 11.1 Å². The summed E-state index contributed by atoms with van der Waals surface area (Å²) in [5.41, 5.74) is 6.78. The number of benzene rings is 1. The number of nitrogens with one attached hydrogen (secondary N) is 1. The molecule has 7 heteroatoms. The minimum atomic E-state index is -0.275. The lowest BCUT2D eigenvalue weighted by atomic mass is 9.95. The molecule has 1 heterocycles. The summed E-state index contributed by atoms with van der Waals surface area (Å²) in [6.45, 7) is 0. The summed E-state index contributed by atoms with van der Waals surface area (Å²) >= 11 is 6.13. The van der Waals surface area contributed by atoms with Crippen molar-refractivity contribution in [2.75, 3.05) is 5.73 Å². The first-order valence-electron chi connectivity index (χ1n) is 7.44. The molecule has 0 atom stereocenters. The van der Waals surface area contributed by atoms with Gasteiger partial charge in [0.1, 0.15) is 0 Å². The largest absolute Gasteiger partial charge is 0.382 e. The first-order chi connectivity index (χ1) is 10.7. The van der Waals surface area contributed by atoms with Gasteiger partial charge in [-0.3, -0.25) is 4.79 Å². The highest BCUT2D eigenvalue weighted by molar-refractivity contribution is 6.32. The molecule has 1 aromatic carbocycles. The zero-order valence-electron chi connectivity index (χ0n) is 12.1. The molecule has 0 aliphatic heterocycles. The quantitative estimate of drug-likeness (QED) is 0.910. The Balaban J connectivity index is 1.81. The summed E-state index contributed by atoms with van der Waals surface area (Å²) in [6, 6.07) is 7.35. The highest BCUT2D eigenvalue weighted by Crippen LogP contribution is 2.23. The smallest absolute Gasteiger partial charge is 0.275 e. The van der Waals surface area contributed by atoms with Crippen molar-refractivity contribution in [2.45, 2.75) is 38.1 Å². The van der Waals surface area contributed by atoms with Gasteiger partial charge in [-0.25, -0.2) is 0 Å². The maximum absolute atomic E-state index is 12.3. The Morgan fingerprint density at radius 2 is 2.00 bits per heavy atom. The molecule has 1 aliphatic rings. The SMILES string of the molecule is Nc1c(C(=O)NC2CCCCC2)nnn1-c1ccccc1Cl. The van der Waals surface area contributed by atoms with E-state index in [-0.39, 0.29) is 23.5 Å². The van der Waals surface area contributed by atoms with Crippen LogP contribution in [0.2, 0.25) is 5.02 Å². The molecule has 2 aromatic rings. The molecular weight excluding hydrogens is 302 g/mol. The minimum absolute atomic E-state index is 0.144. The number of aromatic nitrogens is 3. The molecule has 116 valence electrons. The number of nitrogens with zero attached hydrogens (tertiary/aromatic N) is 3. The first-order valence-corrected chi connectivity index (χ1v) is 7.81. The van der Waals surface area contributed by atoms with Crippen LogP contribution in [0.4, 0.5) is 5.82 Å². The molecule has 1 saturated carbocycles. The molecule has 1 amide bonds. The average Bonchev–Trinajstić information content (AvgIpc) is 2.90. The van der Waals surface area contributed by atoms with E-state index in [0.717, 1.165) is 25.7 Å². The summed E-state index contributed by atoms with van der Waals surface area (Å²) in [6.07, 6.45) is 5.53. The zero-order chi connectivity index (χ0) is 15.5. The molecule has 1 fully saturated rings. The molecule has 3 rings (SSSR count). The van der Waals surface area contributed by atoms with E-state index >= 15 is 0 Å². The van der Waals surface area contributed by atoms with Crippen LogP contribution in [0.25, 0.3) is 5.69 Å². The van der Waals surface area contributed by atoms with Gasteiger partial charge < -0.3 is 11.1 Å². The zero-order valence-corrected chi connectivity index (χ0v) is 12.9. The van der Waals surface area contributed by atoms with E-state index in [1.54, 1.807) is 12.1 Å². The maximum atomic E-state index is 12.3. The van der Waals surface area contributed by atoms with E-state index in [1.165, 1.54) is 11.1 Å². The van der Waals surface area contributed by atoms with Crippen LogP contribution in [0, 0.1) is 0 Å². The Kier molecular flexibility index (Phi) is 4.29. The molecule has 6 nitrogen and oxygen atoms in total. The normalized spacial score (nSPS) is 15.7. The number of amides is 1. The Morgan fingerprint density at radius 3 is 2.73 bits per heavy atom. The van der Waals surface area contributed by atoms with Gasteiger partial charge in [-0.2, -0.15) is 4.68 Å². The van der Waals surface area contributed by atoms with Crippen LogP contribution in [0.1, 0.15) is 42.6 Å². The van der Waals surface area contributed by atoms with E-state index in [2.05, 4.69) is 15.6 Å². The number of hydrogen-bond acceptors (Lipinski definition) is 4. The van der Waals surface area contributed by atoms with Crippen molar-refractivity contribution in [3.63, 3.8) is 0 Å². The maximum Gasteiger partial charge on any atom is 0.275 e. The standard InChI is InChI=1S/C15H18ClN5O/c16-11-8-4-5-9-12(11)21-14(17)13(19-20-21)15(22)18-10-6-2-1-3-7-10/h4-5,8-10H,1-3,6-7,17H2,(H,18,22). The molecular formula is C15H18ClN5O. The Morgan fingerprint density at radius 1 is 1.27 bits per heavy atom.